The summed E-state index contributed by atoms with van der Waals surface area (Å²) in [6.45, 7) is 8.78. The topological polar surface area (TPSA) is 84.9 Å². The van der Waals surface area contributed by atoms with Gasteiger partial charge in [0.05, 0.1) is 12.6 Å². The Morgan fingerprint density at radius 2 is 1.89 bits per heavy atom. The molecule has 2 atom stereocenters. The van der Waals surface area contributed by atoms with E-state index in [9.17, 15) is 9.59 Å². The molecule has 1 amide bonds. The largest absolute Gasteiger partial charge is 0.479 e. The Balaban J connectivity index is 4.11. The second kappa shape index (κ2) is 7.20. The Bertz CT molecular complexity index is 285. The predicted molar refractivity (Wildman–Crippen MR) is 66.5 cm³/mol. The number of carboxylic acids is 1. The molecule has 0 saturated carbocycles. The standard InChI is InChI=1S/C12H23NO5/c1-6-9(7-17-8(2)10(14)15)13-11(16)18-12(3,4)5/h8-9H,6-7H2,1-5H3,(H,13,16)(H,14,15). The van der Waals surface area contributed by atoms with Crippen LogP contribution in [0.15, 0.2) is 0 Å². The van der Waals surface area contributed by atoms with E-state index in [1.54, 1.807) is 20.8 Å². The Labute approximate surface area is 108 Å². The molecular weight excluding hydrogens is 238 g/mol. The lowest BCUT2D eigenvalue weighted by Gasteiger charge is -2.23. The molecular formula is C12H23NO5. The predicted octanol–water partition coefficient (Wildman–Crippen LogP) is 1.78. The monoisotopic (exact) mass is 261 g/mol. The summed E-state index contributed by atoms with van der Waals surface area (Å²) in [5, 5.41) is 11.3. The van der Waals surface area contributed by atoms with Crippen LogP contribution in [0.25, 0.3) is 0 Å². The number of aliphatic carboxylic acids is 1. The molecule has 0 aromatic heterocycles. The minimum Gasteiger partial charge on any atom is -0.479 e. The Morgan fingerprint density at radius 1 is 1.33 bits per heavy atom. The molecule has 0 aliphatic rings. The number of amides is 1. The molecule has 0 aromatic carbocycles. The Kier molecular flexibility index (Phi) is 6.68. The molecule has 18 heavy (non-hydrogen) atoms. The Morgan fingerprint density at radius 3 is 2.28 bits per heavy atom. The van der Waals surface area contributed by atoms with Crippen LogP contribution in [0.4, 0.5) is 4.79 Å². The number of carbonyl (C=O) groups is 2. The highest BCUT2D eigenvalue weighted by atomic mass is 16.6. The highest BCUT2D eigenvalue weighted by Crippen LogP contribution is 2.07. The van der Waals surface area contributed by atoms with Gasteiger partial charge in [-0.2, -0.15) is 0 Å². The first-order valence-corrected chi connectivity index (χ1v) is 5.99. The summed E-state index contributed by atoms with van der Waals surface area (Å²) in [6, 6.07) is -0.262. The zero-order valence-corrected chi connectivity index (χ0v) is 11.6. The number of nitrogens with one attached hydrogen (secondary N) is 1. The van der Waals surface area contributed by atoms with Crippen LogP contribution < -0.4 is 5.32 Å². The van der Waals surface area contributed by atoms with Crippen molar-refractivity contribution in [3.63, 3.8) is 0 Å². The van der Waals surface area contributed by atoms with Gasteiger partial charge in [-0.25, -0.2) is 9.59 Å². The molecule has 6 nitrogen and oxygen atoms in total. The number of carbonyl (C=O) groups excluding carboxylic acids is 1. The SMILES string of the molecule is CCC(COC(C)C(=O)O)NC(=O)OC(C)(C)C. The number of ether oxygens (including phenoxy) is 2. The zero-order chi connectivity index (χ0) is 14.3. The summed E-state index contributed by atoms with van der Waals surface area (Å²) in [5.41, 5.74) is -0.558. The molecule has 0 aromatic rings. The molecule has 0 spiro atoms. The quantitative estimate of drug-likeness (QED) is 0.761. The van der Waals surface area contributed by atoms with Crippen molar-refractivity contribution in [1.82, 2.24) is 5.32 Å². The van der Waals surface area contributed by atoms with Crippen LogP contribution in [0, 0.1) is 0 Å². The van der Waals surface area contributed by atoms with Gasteiger partial charge in [-0.1, -0.05) is 6.92 Å². The van der Waals surface area contributed by atoms with Gasteiger partial charge in [-0.05, 0) is 34.1 Å². The lowest BCUT2D eigenvalue weighted by molar-refractivity contribution is -0.149. The zero-order valence-electron chi connectivity index (χ0n) is 11.6. The maximum absolute atomic E-state index is 11.5. The van der Waals surface area contributed by atoms with Crippen molar-refractivity contribution in [2.75, 3.05) is 6.61 Å². The van der Waals surface area contributed by atoms with Crippen molar-refractivity contribution in [2.24, 2.45) is 0 Å². The number of carboxylic acid groups (broad SMARTS) is 1. The van der Waals surface area contributed by atoms with Crippen LogP contribution in [0.3, 0.4) is 0 Å². The van der Waals surface area contributed by atoms with Crippen LogP contribution in [0.2, 0.25) is 0 Å². The normalized spacial score (nSPS) is 14.7. The third-order valence-corrected chi connectivity index (χ3v) is 2.11. The first kappa shape index (κ1) is 16.7. The number of rotatable bonds is 6. The lowest BCUT2D eigenvalue weighted by Crippen LogP contribution is -2.42. The van der Waals surface area contributed by atoms with Crippen LogP contribution in [-0.4, -0.2) is 41.5 Å². The molecule has 0 aliphatic heterocycles. The number of alkyl carbamates (subject to hydrolysis) is 1. The van der Waals surface area contributed by atoms with Crippen molar-refractivity contribution < 1.29 is 24.2 Å². The average molecular weight is 261 g/mol. The van der Waals surface area contributed by atoms with Crippen LogP contribution in [-0.2, 0) is 14.3 Å². The molecule has 2 unspecified atom stereocenters. The molecule has 0 rings (SSSR count). The minimum absolute atomic E-state index is 0.142. The maximum Gasteiger partial charge on any atom is 0.407 e. The fraction of sp³-hybridized carbons (Fsp3) is 0.833. The van der Waals surface area contributed by atoms with Crippen LogP contribution in [0.5, 0.6) is 0 Å². The van der Waals surface area contributed by atoms with Gasteiger partial charge in [-0.3, -0.25) is 0 Å². The van der Waals surface area contributed by atoms with E-state index in [2.05, 4.69) is 5.32 Å². The highest BCUT2D eigenvalue weighted by Gasteiger charge is 2.20. The van der Waals surface area contributed by atoms with Crippen molar-refractivity contribution in [2.45, 2.75) is 58.8 Å². The second-order valence-corrected chi connectivity index (χ2v) is 5.07. The fourth-order valence-electron chi connectivity index (χ4n) is 1.07. The first-order valence-electron chi connectivity index (χ1n) is 5.99. The molecule has 0 bridgehead atoms. The third-order valence-electron chi connectivity index (χ3n) is 2.11. The van der Waals surface area contributed by atoms with Gasteiger partial charge in [0.15, 0.2) is 6.10 Å². The van der Waals surface area contributed by atoms with Crippen molar-refractivity contribution >= 4 is 12.1 Å². The van der Waals surface area contributed by atoms with E-state index in [4.69, 9.17) is 14.6 Å². The second-order valence-electron chi connectivity index (χ2n) is 5.07. The van der Waals surface area contributed by atoms with Crippen molar-refractivity contribution in [3.8, 4) is 0 Å². The summed E-state index contributed by atoms with van der Waals surface area (Å²) in [4.78, 5) is 22.1. The highest BCUT2D eigenvalue weighted by molar-refractivity contribution is 5.71. The fourth-order valence-corrected chi connectivity index (χ4v) is 1.07. The summed E-state index contributed by atoms with van der Waals surface area (Å²) in [6.07, 6.45) is -0.786. The van der Waals surface area contributed by atoms with E-state index in [0.717, 1.165) is 0 Å². The number of hydrogen-bond donors (Lipinski definition) is 2. The average Bonchev–Trinajstić information content (AvgIpc) is 2.20. The van der Waals surface area contributed by atoms with Gasteiger partial charge in [0.2, 0.25) is 0 Å². The molecule has 106 valence electrons. The van der Waals surface area contributed by atoms with Gasteiger partial charge in [0.1, 0.15) is 5.60 Å². The Hall–Kier alpha value is -1.30. The third kappa shape index (κ3) is 7.89. The summed E-state index contributed by atoms with van der Waals surface area (Å²) < 4.78 is 10.2. The van der Waals surface area contributed by atoms with E-state index in [-0.39, 0.29) is 12.6 Å². The van der Waals surface area contributed by atoms with E-state index in [0.29, 0.717) is 6.42 Å². The van der Waals surface area contributed by atoms with E-state index in [1.165, 1.54) is 6.92 Å². The van der Waals surface area contributed by atoms with E-state index in [1.807, 2.05) is 6.92 Å². The summed E-state index contributed by atoms with van der Waals surface area (Å²) >= 11 is 0. The van der Waals surface area contributed by atoms with Gasteiger partial charge < -0.3 is 19.9 Å². The van der Waals surface area contributed by atoms with Crippen LogP contribution in [0.1, 0.15) is 41.0 Å². The van der Waals surface area contributed by atoms with Gasteiger partial charge in [0.25, 0.3) is 0 Å². The minimum atomic E-state index is -1.03. The smallest absolute Gasteiger partial charge is 0.407 e. The van der Waals surface area contributed by atoms with E-state index < -0.39 is 23.8 Å². The summed E-state index contributed by atoms with van der Waals surface area (Å²) in [7, 11) is 0. The van der Waals surface area contributed by atoms with Gasteiger partial charge in [-0.15, -0.1) is 0 Å². The molecule has 0 heterocycles. The molecule has 2 N–H and O–H groups in total. The molecule has 0 aliphatic carbocycles. The van der Waals surface area contributed by atoms with E-state index >= 15 is 0 Å². The lowest BCUT2D eigenvalue weighted by atomic mass is 10.2. The molecule has 0 radical (unpaired) electrons. The summed E-state index contributed by atoms with van der Waals surface area (Å²) in [5.74, 6) is -1.03. The number of hydrogen-bond acceptors (Lipinski definition) is 4. The van der Waals surface area contributed by atoms with Crippen LogP contribution >= 0.6 is 0 Å². The maximum atomic E-state index is 11.5. The first-order chi connectivity index (χ1) is 8.15. The van der Waals surface area contributed by atoms with Gasteiger partial charge >= 0.3 is 12.1 Å². The van der Waals surface area contributed by atoms with Gasteiger partial charge in [0, 0.05) is 0 Å². The molecule has 6 heteroatoms. The van der Waals surface area contributed by atoms with Crippen molar-refractivity contribution in [1.29, 1.82) is 0 Å². The molecule has 0 fully saturated rings. The van der Waals surface area contributed by atoms with Crippen molar-refractivity contribution in [3.05, 3.63) is 0 Å². The molecule has 0 saturated heterocycles.